The molecule has 0 saturated carbocycles. The van der Waals surface area contributed by atoms with Gasteiger partial charge in [0.2, 0.25) is 0 Å². The molecule has 3 aromatic carbocycles. The molecule has 0 aliphatic rings. The van der Waals surface area contributed by atoms with E-state index in [0.29, 0.717) is 16.9 Å². The van der Waals surface area contributed by atoms with E-state index in [1.165, 1.54) is 31.4 Å². The summed E-state index contributed by atoms with van der Waals surface area (Å²) >= 11 is 6.16. The summed E-state index contributed by atoms with van der Waals surface area (Å²) in [6, 6.07) is 13.9. The monoisotopic (exact) mass is 486 g/mol. The van der Waals surface area contributed by atoms with Gasteiger partial charge in [0.1, 0.15) is 4.90 Å². The maximum absolute atomic E-state index is 13.0. The van der Waals surface area contributed by atoms with Crippen molar-refractivity contribution >= 4 is 44.9 Å². The maximum atomic E-state index is 13.0. The van der Waals surface area contributed by atoms with Crippen molar-refractivity contribution in [3.05, 3.63) is 87.4 Å². The molecule has 0 unspecified atom stereocenters. The van der Waals surface area contributed by atoms with E-state index in [4.69, 9.17) is 16.3 Å². The van der Waals surface area contributed by atoms with Crippen molar-refractivity contribution in [2.24, 2.45) is 0 Å². The van der Waals surface area contributed by atoms with Crippen molar-refractivity contribution in [1.29, 1.82) is 0 Å². The van der Waals surface area contributed by atoms with Crippen LogP contribution in [-0.4, -0.2) is 27.4 Å². The van der Waals surface area contributed by atoms with E-state index in [-0.39, 0.29) is 21.0 Å². The molecule has 7 nitrogen and oxygen atoms in total. The van der Waals surface area contributed by atoms with Crippen LogP contribution in [0.1, 0.15) is 37.4 Å². The Hall–Kier alpha value is -3.36. The zero-order valence-corrected chi connectivity index (χ0v) is 20.1. The van der Waals surface area contributed by atoms with Gasteiger partial charge in [-0.25, -0.2) is 13.2 Å². The topological polar surface area (TPSA) is 102 Å². The summed E-state index contributed by atoms with van der Waals surface area (Å²) in [6.45, 7) is 5.57. The lowest BCUT2D eigenvalue weighted by molar-refractivity contribution is 0.0600. The summed E-state index contributed by atoms with van der Waals surface area (Å²) in [7, 11) is -2.79. The molecule has 0 fully saturated rings. The van der Waals surface area contributed by atoms with Crippen LogP contribution in [-0.2, 0) is 14.8 Å². The predicted molar refractivity (Wildman–Crippen MR) is 129 cm³/mol. The van der Waals surface area contributed by atoms with E-state index < -0.39 is 21.9 Å². The minimum atomic E-state index is -4.06. The third-order valence-corrected chi connectivity index (χ3v) is 7.01. The number of esters is 1. The Bertz CT molecular complexity index is 1350. The highest BCUT2D eigenvalue weighted by atomic mass is 35.5. The first-order valence-electron chi connectivity index (χ1n) is 9.92. The number of carbonyl (C=O) groups excluding carboxylic acids is 2. The smallest absolute Gasteiger partial charge is 0.337 e. The number of aryl methyl sites for hydroxylation is 3. The predicted octanol–water partition coefficient (Wildman–Crippen LogP) is 5.10. The van der Waals surface area contributed by atoms with Crippen LogP contribution in [0, 0.1) is 20.8 Å². The van der Waals surface area contributed by atoms with Crippen LogP contribution in [0.4, 0.5) is 11.4 Å². The Kier molecular flexibility index (Phi) is 7.09. The average molecular weight is 487 g/mol. The molecule has 0 saturated heterocycles. The fourth-order valence-electron chi connectivity index (χ4n) is 3.06. The van der Waals surface area contributed by atoms with Crippen molar-refractivity contribution in [3.63, 3.8) is 0 Å². The van der Waals surface area contributed by atoms with Gasteiger partial charge in [-0.2, -0.15) is 0 Å². The van der Waals surface area contributed by atoms with Gasteiger partial charge in [-0.1, -0.05) is 23.7 Å². The number of hydrogen-bond donors (Lipinski definition) is 2. The molecule has 2 N–H and O–H groups in total. The largest absolute Gasteiger partial charge is 0.465 e. The molecule has 0 bridgehead atoms. The molecule has 172 valence electrons. The first-order chi connectivity index (χ1) is 15.5. The third-order valence-electron chi connectivity index (χ3n) is 5.15. The standard InChI is InChI=1S/C24H23ClN2O5S/c1-14-6-9-19(11-16(14)3)27-33(30,31)22-13-17(8-10-20(22)25)23(28)26-21-12-18(24(29)32-4)7-5-15(21)2/h5-13,27H,1-4H3,(H,26,28). The quantitative estimate of drug-likeness (QED) is 0.472. The number of hydrogen-bond acceptors (Lipinski definition) is 5. The van der Waals surface area contributed by atoms with Gasteiger partial charge in [0.05, 0.1) is 17.7 Å². The lowest BCUT2D eigenvalue weighted by Gasteiger charge is -2.13. The minimum absolute atomic E-state index is 0.0215. The van der Waals surface area contributed by atoms with Gasteiger partial charge in [0.15, 0.2) is 0 Å². The first kappa shape index (κ1) is 24.3. The lowest BCUT2D eigenvalue weighted by atomic mass is 10.1. The van der Waals surface area contributed by atoms with Gasteiger partial charge in [-0.15, -0.1) is 0 Å². The SMILES string of the molecule is COC(=O)c1ccc(C)c(NC(=O)c2ccc(Cl)c(S(=O)(=O)Nc3ccc(C)c(C)c3)c2)c1. The minimum Gasteiger partial charge on any atom is -0.465 e. The van der Waals surface area contributed by atoms with Gasteiger partial charge in [-0.05, 0) is 79.9 Å². The number of benzene rings is 3. The highest BCUT2D eigenvalue weighted by molar-refractivity contribution is 7.92. The Morgan fingerprint density at radius 3 is 2.18 bits per heavy atom. The number of methoxy groups -OCH3 is 1. The molecule has 9 heteroatoms. The number of ether oxygens (including phenoxy) is 1. The number of rotatable bonds is 6. The Morgan fingerprint density at radius 1 is 0.848 bits per heavy atom. The molecule has 0 atom stereocenters. The number of nitrogens with one attached hydrogen (secondary N) is 2. The van der Waals surface area contributed by atoms with Crippen molar-refractivity contribution in [2.75, 3.05) is 17.1 Å². The van der Waals surface area contributed by atoms with Gasteiger partial charge in [0.25, 0.3) is 15.9 Å². The van der Waals surface area contributed by atoms with Gasteiger partial charge >= 0.3 is 5.97 Å². The van der Waals surface area contributed by atoms with Gasteiger partial charge < -0.3 is 10.1 Å². The summed E-state index contributed by atoms with van der Waals surface area (Å²) in [5.41, 5.74) is 3.82. The Labute approximate surface area is 197 Å². The van der Waals surface area contributed by atoms with Gasteiger partial charge in [0, 0.05) is 16.9 Å². The molecule has 0 heterocycles. The van der Waals surface area contributed by atoms with Crippen molar-refractivity contribution in [1.82, 2.24) is 0 Å². The number of carbonyl (C=O) groups is 2. The molecular formula is C24H23ClN2O5S. The van der Waals surface area contributed by atoms with Crippen LogP contribution in [0.5, 0.6) is 0 Å². The highest BCUT2D eigenvalue weighted by Crippen LogP contribution is 2.27. The molecule has 0 aromatic heterocycles. The second-order valence-electron chi connectivity index (χ2n) is 7.53. The van der Waals surface area contributed by atoms with E-state index in [1.54, 1.807) is 31.2 Å². The van der Waals surface area contributed by atoms with Crippen LogP contribution < -0.4 is 10.0 Å². The summed E-state index contributed by atoms with van der Waals surface area (Å²) in [5, 5.41) is 2.68. The van der Waals surface area contributed by atoms with E-state index in [2.05, 4.69) is 10.0 Å². The van der Waals surface area contributed by atoms with Crippen LogP contribution in [0.25, 0.3) is 0 Å². The Balaban J connectivity index is 1.90. The van der Waals surface area contributed by atoms with Crippen molar-refractivity contribution < 1.29 is 22.7 Å². The molecule has 0 aliphatic carbocycles. The number of halogens is 1. The highest BCUT2D eigenvalue weighted by Gasteiger charge is 2.21. The second-order valence-corrected chi connectivity index (χ2v) is 9.58. The normalized spacial score (nSPS) is 11.1. The Morgan fingerprint density at radius 2 is 1.52 bits per heavy atom. The van der Waals surface area contributed by atoms with Gasteiger partial charge in [-0.3, -0.25) is 9.52 Å². The molecular weight excluding hydrogens is 464 g/mol. The maximum Gasteiger partial charge on any atom is 0.337 e. The second kappa shape index (κ2) is 9.64. The average Bonchev–Trinajstić information content (AvgIpc) is 2.77. The third kappa shape index (κ3) is 5.53. The number of anilines is 2. The number of amides is 1. The summed E-state index contributed by atoms with van der Waals surface area (Å²) in [5.74, 6) is -1.10. The molecule has 1 amide bonds. The first-order valence-corrected chi connectivity index (χ1v) is 11.8. The summed E-state index contributed by atoms with van der Waals surface area (Å²) in [4.78, 5) is 24.4. The van der Waals surface area contributed by atoms with Crippen molar-refractivity contribution in [2.45, 2.75) is 25.7 Å². The van der Waals surface area contributed by atoms with Crippen LogP contribution in [0.2, 0.25) is 5.02 Å². The van der Waals surface area contributed by atoms with E-state index >= 15 is 0 Å². The zero-order valence-electron chi connectivity index (χ0n) is 18.5. The number of sulfonamides is 1. The van der Waals surface area contributed by atoms with Crippen LogP contribution in [0.15, 0.2) is 59.5 Å². The van der Waals surface area contributed by atoms with Crippen LogP contribution in [0.3, 0.4) is 0 Å². The lowest BCUT2D eigenvalue weighted by Crippen LogP contribution is -2.17. The fourth-order valence-corrected chi connectivity index (χ4v) is 4.64. The molecule has 0 radical (unpaired) electrons. The zero-order chi connectivity index (χ0) is 24.3. The molecule has 3 aromatic rings. The molecule has 0 spiro atoms. The molecule has 33 heavy (non-hydrogen) atoms. The van der Waals surface area contributed by atoms with E-state index in [0.717, 1.165) is 11.1 Å². The summed E-state index contributed by atoms with van der Waals surface area (Å²) in [6.07, 6.45) is 0. The fraction of sp³-hybridized carbons (Fsp3) is 0.167. The molecule has 0 aliphatic heterocycles. The van der Waals surface area contributed by atoms with Crippen LogP contribution >= 0.6 is 11.6 Å². The molecule has 3 rings (SSSR count). The van der Waals surface area contributed by atoms with E-state index in [1.807, 2.05) is 19.9 Å². The van der Waals surface area contributed by atoms with Crippen molar-refractivity contribution in [3.8, 4) is 0 Å². The van der Waals surface area contributed by atoms with E-state index in [9.17, 15) is 18.0 Å². The summed E-state index contributed by atoms with van der Waals surface area (Å²) < 4.78 is 33.2.